The Labute approximate surface area is 193 Å². The normalized spacial score (nSPS) is 12.8. The fraction of sp³-hybridized carbons (Fsp3) is 0.269. The van der Waals surface area contributed by atoms with E-state index in [1.807, 2.05) is 23.9 Å². The number of benzene rings is 3. The number of carboxylic acids is 1. The number of anilines is 1. The molecule has 0 bridgehead atoms. The second kappa shape index (κ2) is 11.0. The van der Waals surface area contributed by atoms with E-state index in [2.05, 4.69) is 65.6 Å². The van der Waals surface area contributed by atoms with E-state index >= 15 is 0 Å². The summed E-state index contributed by atoms with van der Waals surface area (Å²) in [6.07, 6.45) is 0. The first-order chi connectivity index (χ1) is 15.7. The molecule has 1 N–H and O–H groups in total. The summed E-state index contributed by atoms with van der Waals surface area (Å²) in [6, 6.07) is 27.0. The van der Waals surface area contributed by atoms with E-state index in [0.717, 1.165) is 30.3 Å². The number of fused-ring (bicyclic) bond motifs is 1. The molecule has 0 spiro atoms. The minimum absolute atomic E-state index is 0.357. The van der Waals surface area contributed by atoms with Gasteiger partial charge in [0.25, 0.3) is 0 Å². The largest absolute Gasteiger partial charge is 0.486 e. The highest BCUT2D eigenvalue weighted by atomic mass is 32.2. The maximum absolute atomic E-state index is 10.9. The zero-order valence-corrected chi connectivity index (χ0v) is 18.7. The predicted octanol–water partition coefficient (Wildman–Crippen LogP) is 4.91. The van der Waals surface area contributed by atoms with E-state index in [9.17, 15) is 4.79 Å². The van der Waals surface area contributed by atoms with Crippen LogP contribution in [0.15, 0.2) is 78.9 Å². The van der Waals surface area contributed by atoms with Crippen LogP contribution in [-0.2, 0) is 4.79 Å². The predicted molar refractivity (Wildman–Crippen MR) is 129 cm³/mol. The van der Waals surface area contributed by atoms with Crippen LogP contribution in [0.25, 0.3) is 0 Å². The van der Waals surface area contributed by atoms with Gasteiger partial charge in [-0.25, -0.2) is 4.79 Å². The number of hydrogen-bond acceptors (Lipinski definition) is 5. The summed E-state index contributed by atoms with van der Waals surface area (Å²) in [5, 5.41) is 8.90. The molecule has 0 saturated heterocycles. The summed E-state index contributed by atoms with van der Waals surface area (Å²) in [4.78, 5) is 13.2. The zero-order chi connectivity index (χ0) is 22.2. The van der Waals surface area contributed by atoms with Gasteiger partial charge in [0, 0.05) is 24.0 Å². The molecule has 0 radical (unpaired) electrons. The maximum Gasteiger partial charge on any atom is 0.341 e. The summed E-state index contributed by atoms with van der Waals surface area (Å²) in [6.45, 7) is 1.87. The van der Waals surface area contributed by atoms with Crippen molar-refractivity contribution in [1.29, 1.82) is 0 Å². The number of nitrogens with zero attached hydrogens (tertiary/aromatic N) is 1. The fourth-order valence-corrected chi connectivity index (χ4v) is 5.03. The molecule has 6 heteroatoms. The Morgan fingerprint density at radius 2 is 1.69 bits per heavy atom. The number of thioether (sulfide) groups is 1. The van der Waals surface area contributed by atoms with Crippen LogP contribution in [0.3, 0.4) is 0 Å². The van der Waals surface area contributed by atoms with Crippen molar-refractivity contribution in [1.82, 2.24) is 0 Å². The summed E-state index contributed by atoms with van der Waals surface area (Å²) in [7, 11) is 0. The van der Waals surface area contributed by atoms with Gasteiger partial charge in [-0.05, 0) is 23.3 Å². The quantitative estimate of drug-likeness (QED) is 0.444. The van der Waals surface area contributed by atoms with Crippen LogP contribution in [-0.4, -0.2) is 48.9 Å². The Hall–Kier alpha value is -3.12. The Morgan fingerprint density at radius 3 is 2.34 bits per heavy atom. The van der Waals surface area contributed by atoms with Gasteiger partial charge in [0.2, 0.25) is 0 Å². The lowest BCUT2D eigenvalue weighted by Crippen LogP contribution is -2.34. The summed E-state index contributed by atoms with van der Waals surface area (Å²) >= 11 is 1.95. The van der Waals surface area contributed by atoms with Crippen LogP contribution >= 0.6 is 11.8 Å². The summed E-state index contributed by atoms with van der Waals surface area (Å²) in [5.74, 6) is 2.46. The molecule has 4 rings (SSSR count). The molecule has 0 unspecified atom stereocenters. The highest BCUT2D eigenvalue weighted by molar-refractivity contribution is 7.99. The molecule has 0 aromatic heterocycles. The molecule has 0 atom stereocenters. The van der Waals surface area contributed by atoms with Gasteiger partial charge in [-0.15, -0.1) is 0 Å². The van der Waals surface area contributed by atoms with Crippen molar-refractivity contribution in [3.05, 3.63) is 90.0 Å². The Morgan fingerprint density at radius 1 is 1.00 bits per heavy atom. The number of ether oxygens (including phenoxy) is 2. The molecule has 5 nitrogen and oxygen atoms in total. The third-order valence-corrected chi connectivity index (χ3v) is 6.49. The average Bonchev–Trinajstić information content (AvgIpc) is 2.84. The molecule has 1 heterocycles. The van der Waals surface area contributed by atoms with E-state index in [1.54, 1.807) is 6.07 Å². The number of rotatable bonds is 10. The maximum atomic E-state index is 10.9. The van der Waals surface area contributed by atoms with Crippen molar-refractivity contribution in [2.24, 2.45) is 0 Å². The van der Waals surface area contributed by atoms with E-state index in [-0.39, 0.29) is 6.61 Å². The minimum atomic E-state index is -1.00. The van der Waals surface area contributed by atoms with Gasteiger partial charge in [0.15, 0.2) is 18.1 Å². The first-order valence-electron chi connectivity index (χ1n) is 10.8. The number of aliphatic carboxylic acids is 1. The molecule has 0 amide bonds. The van der Waals surface area contributed by atoms with Crippen molar-refractivity contribution >= 4 is 23.4 Å². The lowest BCUT2D eigenvalue weighted by atomic mass is 9.93. The molecular weight excluding hydrogens is 422 g/mol. The standard InChI is InChI=1S/C26H27NO4S/c28-25(29)18-31-24-13-7-12-23-26(24)30-16-14-27(23)15-17-32-19-22(20-8-3-1-4-9-20)21-10-5-2-6-11-21/h1-13,22H,14-19H2,(H,28,29). The monoisotopic (exact) mass is 449 g/mol. The lowest BCUT2D eigenvalue weighted by molar-refractivity contribution is -0.139. The number of hydrogen-bond donors (Lipinski definition) is 1. The molecule has 0 aliphatic carbocycles. The summed E-state index contributed by atoms with van der Waals surface area (Å²) < 4.78 is 11.2. The highest BCUT2D eigenvalue weighted by Crippen LogP contribution is 2.40. The third-order valence-electron chi connectivity index (χ3n) is 5.45. The van der Waals surface area contributed by atoms with E-state index in [4.69, 9.17) is 14.6 Å². The van der Waals surface area contributed by atoms with E-state index < -0.39 is 5.97 Å². The van der Waals surface area contributed by atoms with Crippen LogP contribution in [0.5, 0.6) is 11.5 Å². The minimum Gasteiger partial charge on any atom is -0.486 e. The van der Waals surface area contributed by atoms with Crippen LogP contribution in [0.4, 0.5) is 5.69 Å². The molecule has 0 saturated carbocycles. The van der Waals surface area contributed by atoms with Crippen molar-refractivity contribution < 1.29 is 19.4 Å². The fourth-order valence-electron chi connectivity index (χ4n) is 3.89. The van der Waals surface area contributed by atoms with Gasteiger partial charge in [-0.2, -0.15) is 11.8 Å². The molecule has 32 heavy (non-hydrogen) atoms. The van der Waals surface area contributed by atoms with Gasteiger partial charge in [0.05, 0.1) is 12.2 Å². The van der Waals surface area contributed by atoms with E-state index in [0.29, 0.717) is 24.0 Å². The van der Waals surface area contributed by atoms with Crippen LogP contribution < -0.4 is 14.4 Å². The molecule has 3 aromatic carbocycles. The molecule has 1 aliphatic heterocycles. The first-order valence-corrected chi connectivity index (χ1v) is 11.9. The van der Waals surface area contributed by atoms with Crippen molar-refractivity contribution in [2.45, 2.75) is 5.92 Å². The average molecular weight is 450 g/mol. The number of carboxylic acid groups (broad SMARTS) is 1. The van der Waals surface area contributed by atoms with Crippen molar-refractivity contribution in [2.75, 3.05) is 42.7 Å². The second-order valence-corrected chi connectivity index (χ2v) is 8.72. The number of carbonyl (C=O) groups is 1. The third kappa shape index (κ3) is 5.56. The highest BCUT2D eigenvalue weighted by Gasteiger charge is 2.22. The van der Waals surface area contributed by atoms with Gasteiger partial charge < -0.3 is 19.5 Å². The van der Waals surface area contributed by atoms with Gasteiger partial charge in [0.1, 0.15) is 6.61 Å². The summed E-state index contributed by atoms with van der Waals surface area (Å²) in [5.41, 5.74) is 3.63. The SMILES string of the molecule is O=C(O)COc1cccc2c1OCCN2CCSCC(c1ccccc1)c1ccccc1. The molecule has 3 aromatic rings. The van der Waals surface area contributed by atoms with Crippen LogP contribution in [0.2, 0.25) is 0 Å². The second-order valence-electron chi connectivity index (χ2n) is 7.57. The van der Waals surface area contributed by atoms with Gasteiger partial charge >= 0.3 is 5.97 Å². The molecular formula is C26H27NO4S. The van der Waals surface area contributed by atoms with E-state index in [1.165, 1.54) is 11.1 Å². The van der Waals surface area contributed by atoms with Crippen LogP contribution in [0.1, 0.15) is 17.0 Å². The van der Waals surface area contributed by atoms with Gasteiger partial charge in [-0.1, -0.05) is 66.7 Å². The van der Waals surface area contributed by atoms with Crippen molar-refractivity contribution in [3.8, 4) is 11.5 Å². The Kier molecular flexibility index (Phi) is 7.56. The zero-order valence-electron chi connectivity index (χ0n) is 17.9. The van der Waals surface area contributed by atoms with Gasteiger partial charge in [-0.3, -0.25) is 0 Å². The Balaban J connectivity index is 1.38. The lowest BCUT2D eigenvalue weighted by Gasteiger charge is -2.32. The molecule has 1 aliphatic rings. The number of para-hydroxylation sites is 1. The van der Waals surface area contributed by atoms with Crippen molar-refractivity contribution in [3.63, 3.8) is 0 Å². The topological polar surface area (TPSA) is 59.0 Å². The first kappa shape index (κ1) is 22.1. The molecule has 0 fully saturated rings. The molecule has 166 valence electrons. The Bertz CT molecular complexity index is 973. The van der Waals surface area contributed by atoms with Crippen LogP contribution in [0, 0.1) is 0 Å². The smallest absolute Gasteiger partial charge is 0.341 e.